The van der Waals surface area contributed by atoms with Crippen LogP contribution in [-0.2, 0) is 13.0 Å². The van der Waals surface area contributed by atoms with Crippen molar-refractivity contribution in [3.8, 4) is 34.0 Å². The lowest BCUT2D eigenvalue weighted by Crippen LogP contribution is -2.32. The number of thiophene rings is 1. The largest absolute Gasteiger partial charge is 0.618 e. The van der Waals surface area contributed by atoms with Crippen molar-refractivity contribution < 1.29 is 4.73 Å². The van der Waals surface area contributed by atoms with Gasteiger partial charge in [-0.3, -0.25) is 4.68 Å². The highest BCUT2D eigenvalue weighted by Gasteiger charge is 2.22. The Morgan fingerprint density at radius 2 is 2.15 bits per heavy atom. The van der Waals surface area contributed by atoms with Crippen LogP contribution in [0.25, 0.3) is 21.7 Å². The Hall–Kier alpha value is -2.49. The van der Waals surface area contributed by atoms with E-state index < -0.39 is 0 Å². The summed E-state index contributed by atoms with van der Waals surface area (Å²) < 4.78 is 3.38. The summed E-state index contributed by atoms with van der Waals surface area (Å²) in [6.45, 7) is 5.03. The molecule has 2 N–H and O–H groups in total. The molecule has 0 aliphatic carbocycles. The molecule has 0 aromatic carbocycles. The second-order valence-corrected chi connectivity index (χ2v) is 8.10. The van der Waals surface area contributed by atoms with Gasteiger partial charge < -0.3 is 10.9 Å². The molecule has 5 nitrogen and oxygen atoms in total. The molecule has 0 saturated heterocycles. The number of halogens is 1. The highest BCUT2D eigenvalue weighted by atomic mass is 35.5. The number of anilines is 1. The summed E-state index contributed by atoms with van der Waals surface area (Å²) in [6, 6.07) is 5.54. The van der Waals surface area contributed by atoms with Gasteiger partial charge in [-0.25, -0.2) is 0 Å². The number of nitrogens with two attached hydrogens (primary N) is 1. The van der Waals surface area contributed by atoms with Crippen LogP contribution in [0.4, 0.5) is 5.69 Å². The van der Waals surface area contributed by atoms with Crippen LogP contribution in [0, 0.1) is 23.5 Å². The van der Waals surface area contributed by atoms with Crippen LogP contribution in [-0.4, -0.2) is 9.78 Å². The van der Waals surface area contributed by atoms with Gasteiger partial charge in [0.2, 0.25) is 5.69 Å². The summed E-state index contributed by atoms with van der Waals surface area (Å²) in [4.78, 5) is 1.000. The molecule has 0 bridgehead atoms. The van der Waals surface area contributed by atoms with Gasteiger partial charge in [-0.05, 0) is 18.1 Å². The Bertz CT molecular complexity index is 984. The minimum atomic E-state index is 0.170. The Labute approximate surface area is 161 Å². The predicted molar refractivity (Wildman–Crippen MR) is 107 cm³/mol. The topological polar surface area (TPSA) is 70.8 Å². The van der Waals surface area contributed by atoms with E-state index in [-0.39, 0.29) is 6.42 Å². The molecule has 3 rings (SSSR count). The first-order chi connectivity index (χ1) is 12.4. The number of nitrogens with zero attached hydrogens (tertiary/aromatic N) is 3. The summed E-state index contributed by atoms with van der Waals surface area (Å²) in [7, 11) is 0. The quantitative estimate of drug-likeness (QED) is 0.409. The third kappa shape index (κ3) is 3.41. The Balaban J connectivity index is 2.22. The number of nitrogen functional groups attached to an aromatic ring is 1. The molecule has 3 heterocycles. The van der Waals surface area contributed by atoms with E-state index in [0.717, 1.165) is 33.0 Å². The van der Waals surface area contributed by atoms with Crippen molar-refractivity contribution >= 4 is 28.6 Å². The van der Waals surface area contributed by atoms with Crippen LogP contribution >= 0.6 is 22.9 Å². The maximum absolute atomic E-state index is 12.0. The van der Waals surface area contributed by atoms with Crippen molar-refractivity contribution in [2.45, 2.75) is 26.8 Å². The Kier molecular flexibility index (Phi) is 5.21. The van der Waals surface area contributed by atoms with Crippen LogP contribution in [0.15, 0.2) is 30.6 Å². The zero-order valence-corrected chi connectivity index (χ0v) is 16.1. The van der Waals surface area contributed by atoms with Gasteiger partial charge in [0.15, 0.2) is 6.20 Å². The summed E-state index contributed by atoms with van der Waals surface area (Å²) >= 11 is 7.63. The standard InChI is InChI=1S/C19H19ClN4OS/c1-4-5-15-18(21)13(8-9-24(15)25)14-10-22-23(11-12(2)3)19(14)16-6-7-17(20)26-16/h1,6-10,12H,5,11,21H2,2-3H3. The van der Waals surface area contributed by atoms with E-state index in [0.29, 0.717) is 21.6 Å². The van der Waals surface area contributed by atoms with Gasteiger partial charge in [-0.1, -0.05) is 31.4 Å². The van der Waals surface area contributed by atoms with Gasteiger partial charge in [0.1, 0.15) is 5.69 Å². The second-order valence-electron chi connectivity index (χ2n) is 6.38. The summed E-state index contributed by atoms with van der Waals surface area (Å²) in [5.74, 6) is 2.91. The van der Waals surface area contributed by atoms with Gasteiger partial charge in [0, 0.05) is 23.7 Å². The Morgan fingerprint density at radius 1 is 1.38 bits per heavy atom. The van der Waals surface area contributed by atoms with Crippen molar-refractivity contribution in [2.24, 2.45) is 5.92 Å². The molecule has 0 aliphatic rings. The molecule has 26 heavy (non-hydrogen) atoms. The minimum absolute atomic E-state index is 0.170. The molecule has 3 aromatic heterocycles. The molecule has 0 radical (unpaired) electrons. The number of rotatable bonds is 5. The third-order valence-corrected chi connectivity index (χ3v) is 5.23. The number of hydrogen-bond acceptors (Lipinski definition) is 4. The fourth-order valence-corrected chi connectivity index (χ4v) is 3.98. The third-order valence-electron chi connectivity index (χ3n) is 3.99. The van der Waals surface area contributed by atoms with Crippen molar-refractivity contribution in [1.29, 1.82) is 0 Å². The zero-order chi connectivity index (χ0) is 18.8. The molecular formula is C19H19ClN4OS. The molecule has 0 unspecified atom stereocenters. The summed E-state index contributed by atoms with van der Waals surface area (Å²) in [6.07, 6.45) is 8.77. The van der Waals surface area contributed by atoms with Crippen LogP contribution in [0.5, 0.6) is 0 Å². The van der Waals surface area contributed by atoms with Crippen LogP contribution in [0.2, 0.25) is 4.34 Å². The van der Waals surface area contributed by atoms with Crippen molar-refractivity contribution in [3.63, 3.8) is 0 Å². The summed E-state index contributed by atoms with van der Waals surface area (Å²) in [5, 5.41) is 16.6. The van der Waals surface area contributed by atoms with E-state index in [1.54, 1.807) is 12.3 Å². The highest BCUT2D eigenvalue weighted by Crippen LogP contribution is 2.39. The van der Waals surface area contributed by atoms with Gasteiger partial charge in [0.25, 0.3) is 0 Å². The number of aromatic nitrogens is 3. The number of terminal acetylenes is 1. The van der Waals surface area contributed by atoms with E-state index in [4.69, 9.17) is 23.8 Å². The number of pyridine rings is 1. The SMILES string of the molecule is C#CCc1c(N)c(-c2cnn(CC(C)C)c2-c2ccc(Cl)s2)cc[n+]1[O-]. The summed E-state index contributed by atoms with van der Waals surface area (Å²) in [5.41, 5.74) is 9.59. The van der Waals surface area contributed by atoms with Crippen molar-refractivity contribution in [3.05, 3.63) is 45.8 Å². The first-order valence-corrected chi connectivity index (χ1v) is 9.37. The van der Waals surface area contributed by atoms with E-state index in [1.165, 1.54) is 17.5 Å². The van der Waals surface area contributed by atoms with E-state index in [9.17, 15) is 5.21 Å². The number of hydrogen-bond donors (Lipinski definition) is 1. The molecule has 3 aromatic rings. The normalized spacial score (nSPS) is 11.0. The maximum atomic E-state index is 12.0. The highest BCUT2D eigenvalue weighted by molar-refractivity contribution is 7.19. The smallest absolute Gasteiger partial charge is 0.228 e. The zero-order valence-electron chi connectivity index (χ0n) is 14.6. The molecule has 0 atom stereocenters. The predicted octanol–water partition coefficient (Wildman–Crippen LogP) is 3.98. The van der Waals surface area contributed by atoms with Crippen LogP contribution in [0.1, 0.15) is 19.5 Å². The average Bonchev–Trinajstić information content (AvgIpc) is 3.17. The Morgan fingerprint density at radius 3 is 2.77 bits per heavy atom. The fourth-order valence-electron chi connectivity index (χ4n) is 2.87. The second kappa shape index (κ2) is 7.40. The van der Waals surface area contributed by atoms with Crippen LogP contribution < -0.4 is 10.5 Å². The minimum Gasteiger partial charge on any atom is -0.618 e. The fraction of sp³-hybridized carbons (Fsp3) is 0.263. The first kappa shape index (κ1) is 18.3. The van der Waals surface area contributed by atoms with Crippen molar-refractivity contribution in [1.82, 2.24) is 9.78 Å². The van der Waals surface area contributed by atoms with Crippen LogP contribution in [0.3, 0.4) is 0 Å². The molecular weight excluding hydrogens is 368 g/mol. The molecule has 134 valence electrons. The van der Waals surface area contributed by atoms with E-state index in [2.05, 4.69) is 24.9 Å². The molecule has 0 fully saturated rings. The van der Waals surface area contributed by atoms with Gasteiger partial charge >= 0.3 is 0 Å². The first-order valence-electron chi connectivity index (χ1n) is 8.18. The molecule has 7 heteroatoms. The van der Waals surface area contributed by atoms with E-state index in [1.807, 2.05) is 16.8 Å². The van der Waals surface area contributed by atoms with Gasteiger partial charge in [-0.15, -0.1) is 17.8 Å². The maximum Gasteiger partial charge on any atom is 0.228 e. The van der Waals surface area contributed by atoms with Gasteiger partial charge in [-0.2, -0.15) is 9.83 Å². The van der Waals surface area contributed by atoms with E-state index >= 15 is 0 Å². The molecule has 0 spiro atoms. The molecule has 0 saturated carbocycles. The van der Waals surface area contributed by atoms with Crippen molar-refractivity contribution in [2.75, 3.05) is 5.73 Å². The van der Waals surface area contributed by atoms with Gasteiger partial charge in [0.05, 0.1) is 27.5 Å². The monoisotopic (exact) mass is 386 g/mol. The molecule has 0 aliphatic heterocycles. The lowest BCUT2D eigenvalue weighted by Gasteiger charge is -2.13. The average molecular weight is 387 g/mol. The lowest BCUT2D eigenvalue weighted by molar-refractivity contribution is -0.612. The molecule has 0 amide bonds. The lowest BCUT2D eigenvalue weighted by atomic mass is 10.0.